The SMILES string of the molecule is OC1CCC(OC2CCC3OC3C2)CC1. The Hall–Kier alpha value is -0.120. The Morgan fingerprint density at radius 2 is 1.60 bits per heavy atom. The number of aliphatic hydroxyl groups is 1. The lowest BCUT2D eigenvalue weighted by molar-refractivity contribution is -0.0578. The molecule has 86 valence electrons. The molecule has 2 saturated carbocycles. The molecule has 0 spiro atoms. The molecule has 0 amide bonds. The van der Waals surface area contributed by atoms with E-state index in [1.165, 1.54) is 12.8 Å². The lowest BCUT2D eigenvalue weighted by Crippen LogP contribution is -2.31. The van der Waals surface area contributed by atoms with Gasteiger partial charge in [0.2, 0.25) is 0 Å². The predicted octanol–water partition coefficient (Wildman–Crippen LogP) is 1.63. The van der Waals surface area contributed by atoms with Gasteiger partial charge in [-0.3, -0.25) is 0 Å². The van der Waals surface area contributed by atoms with Crippen LogP contribution in [0.15, 0.2) is 0 Å². The third kappa shape index (κ3) is 2.35. The largest absolute Gasteiger partial charge is 0.393 e. The molecule has 3 unspecified atom stereocenters. The average Bonchev–Trinajstić information content (AvgIpc) is 3.00. The second-order valence-corrected chi connectivity index (χ2v) is 5.21. The van der Waals surface area contributed by atoms with Crippen LogP contribution in [0, 0.1) is 0 Å². The molecular formula is C12H20O3. The highest BCUT2D eigenvalue weighted by Crippen LogP contribution is 2.38. The maximum Gasteiger partial charge on any atom is 0.0866 e. The van der Waals surface area contributed by atoms with Crippen molar-refractivity contribution in [1.82, 2.24) is 0 Å². The van der Waals surface area contributed by atoms with Crippen molar-refractivity contribution in [1.29, 1.82) is 0 Å². The van der Waals surface area contributed by atoms with Crippen LogP contribution in [0.1, 0.15) is 44.9 Å². The Balaban J connectivity index is 1.44. The summed E-state index contributed by atoms with van der Waals surface area (Å²) in [7, 11) is 0. The van der Waals surface area contributed by atoms with Crippen LogP contribution in [-0.4, -0.2) is 35.6 Å². The number of hydrogen-bond donors (Lipinski definition) is 1. The second-order valence-electron chi connectivity index (χ2n) is 5.21. The molecule has 0 aromatic rings. The Morgan fingerprint density at radius 1 is 0.867 bits per heavy atom. The van der Waals surface area contributed by atoms with Crippen LogP contribution in [0.25, 0.3) is 0 Å². The summed E-state index contributed by atoms with van der Waals surface area (Å²) in [4.78, 5) is 0. The van der Waals surface area contributed by atoms with Crippen molar-refractivity contribution in [3.05, 3.63) is 0 Å². The van der Waals surface area contributed by atoms with Gasteiger partial charge in [0.15, 0.2) is 0 Å². The van der Waals surface area contributed by atoms with E-state index in [1.54, 1.807) is 0 Å². The zero-order valence-electron chi connectivity index (χ0n) is 9.10. The number of aliphatic hydroxyl groups excluding tert-OH is 1. The van der Waals surface area contributed by atoms with E-state index in [9.17, 15) is 5.11 Å². The lowest BCUT2D eigenvalue weighted by Gasteiger charge is -2.30. The molecule has 3 fully saturated rings. The van der Waals surface area contributed by atoms with Gasteiger partial charge in [0.05, 0.1) is 30.5 Å². The number of fused-ring (bicyclic) bond motifs is 1. The summed E-state index contributed by atoms with van der Waals surface area (Å²) >= 11 is 0. The maximum absolute atomic E-state index is 9.41. The van der Waals surface area contributed by atoms with Crippen LogP contribution in [0.4, 0.5) is 0 Å². The van der Waals surface area contributed by atoms with E-state index < -0.39 is 0 Å². The van der Waals surface area contributed by atoms with Gasteiger partial charge < -0.3 is 14.6 Å². The molecule has 3 heteroatoms. The summed E-state index contributed by atoms with van der Waals surface area (Å²) in [6.07, 6.45) is 9.18. The average molecular weight is 212 g/mol. The molecule has 1 heterocycles. The van der Waals surface area contributed by atoms with Crippen molar-refractivity contribution < 1.29 is 14.6 Å². The van der Waals surface area contributed by atoms with Crippen LogP contribution >= 0.6 is 0 Å². The first-order chi connectivity index (χ1) is 7.31. The summed E-state index contributed by atoms with van der Waals surface area (Å²) in [5, 5.41) is 9.41. The third-order valence-electron chi connectivity index (χ3n) is 3.98. The molecule has 3 nitrogen and oxygen atoms in total. The van der Waals surface area contributed by atoms with Crippen molar-refractivity contribution in [2.24, 2.45) is 0 Å². The lowest BCUT2D eigenvalue weighted by atomic mass is 9.93. The van der Waals surface area contributed by atoms with E-state index >= 15 is 0 Å². The standard InChI is InChI=1S/C12H20O3/c13-8-1-3-9(4-2-8)14-10-5-6-11-12(7-10)15-11/h8-13H,1-7H2. The third-order valence-corrected chi connectivity index (χ3v) is 3.98. The van der Waals surface area contributed by atoms with E-state index in [-0.39, 0.29) is 6.10 Å². The first-order valence-corrected chi connectivity index (χ1v) is 6.30. The summed E-state index contributed by atoms with van der Waals surface area (Å²) in [5.74, 6) is 0. The van der Waals surface area contributed by atoms with Crippen molar-refractivity contribution in [3.63, 3.8) is 0 Å². The molecule has 0 bridgehead atoms. The fraction of sp³-hybridized carbons (Fsp3) is 1.00. The highest BCUT2D eigenvalue weighted by atomic mass is 16.6. The highest BCUT2D eigenvalue weighted by Gasteiger charge is 2.44. The normalized spacial score (nSPS) is 49.8. The fourth-order valence-electron chi connectivity index (χ4n) is 2.94. The number of hydrogen-bond acceptors (Lipinski definition) is 3. The number of rotatable bonds is 2. The van der Waals surface area contributed by atoms with Crippen molar-refractivity contribution >= 4 is 0 Å². The van der Waals surface area contributed by atoms with Crippen molar-refractivity contribution in [3.8, 4) is 0 Å². The van der Waals surface area contributed by atoms with Gasteiger partial charge >= 0.3 is 0 Å². The Kier molecular flexibility index (Phi) is 2.71. The molecule has 3 atom stereocenters. The molecular weight excluding hydrogens is 192 g/mol. The second kappa shape index (κ2) is 4.04. The quantitative estimate of drug-likeness (QED) is 0.707. The van der Waals surface area contributed by atoms with Crippen LogP contribution in [0.2, 0.25) is 0 Å². The van der Waals surface area contributed by atoms with Gasteiger partial charge in [0.25, 0.3) is 0 Å². The molecule has 0 aromatic carbocycles. The van der Waals surface area contributed by atoms with Gasteiger partial charge in [-0.15, -0.1) is 0 Å². The number of epoxide rings is 1. The Bertz CT molecular complexity index is 223. The molecule has 2 aliphatic carbocycles. The van der Waals surface area contributed by atoms with Crippen molar-refractivity contribution in [2.45, 2.75) is 75.5 Å². The van der Waals surface area contributed by atoms with E-state index in [1.807, 2.05) is 0 Å². The monoisotopic (exact) mass is 212 g/mol. The van der Waals surface area contributed by atoms with Crippen LogP contribution < -0.4 is 0 Å². The van der Waals surface area contributed by atoms with E-state index in [0.717, 1.165) is 32.1 Å². The maximum atomic E-state index is 9.41. The van der Waals surface area contributed by atoms with Gasteiger partial charge in [-0.1, -0.05) is 0 Å². The van der Waals surface area contributed by atoms with Crippen LogP contribution in [0.5, 0.6) is 0 Å². The highest BCUT2D eigenvalue weighted by molar-refractivity contribution is 4.92. The molecule has 1 aliphatic heterocycles. The topological polar surface area (TPSA) is 42.0 Å². The Labute approximate surface area is 90.8 Å². The Morgan fingerprint density at radius 3 is 2.33 bits per heavy atom. The van der Waals surface area contributed by atoms with E-state index in [4.69, 9.17) is 9.47 Å². The molecule has 0 radical (unpaired) electrons. The summed E-state index contributed by atoms with van der Waals surface area (Å²) < 4.78 is 11.6. The summed E-state index contributed by atoms with van der Waals surface area (Å²) in [6.45, 7) is 0. The first-order valence-electron chi connectivity index (χ1n) is 6.30. The van der Waals surface area contributed by atoms with Gasteiger partial charge in [-0.05, 0) is 38.5 Å². The summed E-state index contributed by atoms with van der Waals surface area (Å²) in [6, 6.07) is 0. The molecule has 1 saturated heterocycles. The predicted molar refractivity (Wildman–Crippen MR) is 55.6 cm³/mol. The van der Waals surface area contributed by atoms with Gasteiger partial charge in [0.1, 0.15) is 0 Å². The van der Waals surface area contributed by atoms with Gasteiger partial charge in [-0.2, -0.15) is 0 Å². The zero-order valence-corrected chi connectivity index (χ0v) is 9.10. The number of ether oxygens (including phenoxy) is 2. The van der Waals surface area contributed by atoms with Crippen molar-refractivity contribution in [2.75, 3.05) is 0 Å². The van der Waals surface area contributed by atoms with E-state index in [2.05, 4.69) is 0 Å². The fourth-order valence-corrected chi connectivity index (χ4v) is 2.94. The minimum atomic E-state index is -0.0765. The first kappa shape index (κ1) is 10.1. The zero-order chi connectivity index (χ0) is 10.3. The molecule has 3 aliphatic rings. The summed E-state index contributed by atoms with van der Waals surface area (Å²) in [5.41, 5.74) is 0. The van der Waals surface area contributed by atoms with Gasteiger partial charge in [0, 0.05) is 6.42 Å². The van der Waals surface area contributed by atoms with Crippen LogP contribution in [-0.2, 0) is 9.47 Å². The van der Waals surface area contributed by atoms with E-state index in [0.29, 0.717) is 24.4 Å². The molecule has 3 rings (SSSR count). The minimum absolute atomic E-state index is 0.0765. The van der Waals surface area contributed by atoms with Crippen LogP contribution in [0.3, 0.4) is 0 Å². The molecule has 1 N–H and O–H groups in total. The van der Waals surface area contributed by atoms with Gasteiger partial charge in [-0.25, -0.2) is 0 Å². The minimum Gasteiger partial charge on any atom is -0.393 e. The molecule has 15 heavy (non-hydrogen) atoms. The molecule has 0 aromatic heterocycles. The smallest absolute Gasteiger partial charge is 0.0866 e.